The zero-order valence-corrected chi connectivity index (χ0v) is 11.0. The molecule has 1 saturated heterocycles. The summed E-state index contributed by atoms with van der Waals surface area (Å²) in [6, 6.07) is 8.49. The van der Waals surface area contributed by atoms with E-state index >= 15 is 0 Å². The van der Waals surface area contributed by atoms with Crippen molar-refractivity contribution in [2.45, 2.75) is 12.7 Å². The number of ether oxygens (including phenoxy) is 2. The first-order valence-corrected chi connectivity index (χ1v) is 6.86. The van der Waals surface area contributed by atoms with Crippen molar-refractivity contribution in [3.05, 3.63) is 33.6 Å². The van der Waals surface area contributed by atoms with Gasteiger partial charge in [0.2, 0.25) is 0 Å². The van der Waals surface area contributed by atoms with Crippen molar-refractivity contribution in [3.63, 3.8) is 0 Å². The standard InChI is InChI=1S/C12H11BrO2S/c13-11-7-9-6-8(2-3-10(9)16-11)12-14-4-1-5-15-12/h2-3,6-7,12H,1,4-5H2. The summed E-state index contributed by atoms with van der Waals surface area (Å²) in [4.78, 5) is 0. The van der Waals surface area contributed by atoms with Crippen molar-refractivity contribution in [1.29, 1.82) is 0 Å². The average Bonchev–Trinajstić information content (AvgIpc) is 2.69. The van der Waals surface area contributed by atoms with E-state index < -0.39 is 0 Å². The molecule has 1 aromatic heterocycles. The minimum absolute atomic E-state index is 0.183. The minimum Gasteiger partial charge on any atom is -0.348 e. The lowest BCUT2D eigenvalue weighted by atomic mass is 10.1. The Hall–Kier alpha value is -0.420. The summed E-state index contributed by atoms with van der Waals surface area (Å²) >= 11 is 5.24. The van der Waals surface area contributed by atoms with E-state index in [1.807, 2.05) is 0 Å². The molecule has 1 fully saturated rings. The molecular weight excluding hydrogens is 288 g/mol. The maximum atomic E-state index is 5.59. The van der Waals surface area contributed by atoms with Crippen LogP contribution in [0.1, 0.15) is 18.3 Å². The topological polar surface area (TPSA) is 18.5 Å². The Kier molecular flexibility index (Phi) is 2.98. The number of hydrogen-bond acceptors (Lipinski definition) is 3. The summed E-state index contributed by atoms with van der Waals surface area (Å²) in [5.41, 5.74) is 1.11. The fraction of sp³-hybridized carbons (Fsp3) is 0.333. The van der Waals surface area contributed by atoms with Gasteiger partial charge in [-0.2, -0.15) is 0 Å². The molecule has 3 rings (SSSR count). The number of thiophene rings is 1. The van der Waals surface area contributed by atoms with Crippen molar-refractivity contribution in [2.24, 2.45) is 0 Å². The van der Waals surface area contributed by atoms with Gasteiger partial charge in [0.1, 0.15) is 0 Å². The van der Waals surface area contributed by atoms with Crippen LogP contribution in [0.3, 0.4) is 0 Å². The van der Waals surface area contributed by atoms with E-state index in [-0.39, 0.29) is 6.29 Å². The second-order valence-electron chi connectivity index (χ2n) is 3.77. The number of fused-ring (bicyclic) bond motifs is 1. The molecule has 0 amide bonds. The van der Waals surface area contributed by atoms with Crippen molar-refractivity contribution in [1.82, 2.24) is 0 Å². The van der Waals surface area contributed by atoms with Gasteiger partial charge < -0.3 is 9.47 Å². The molecule has 0 radical (unpaired) electrons. The van der Waals surface area contributed by atoms with Gasteiger partial charge in [0.15, 0.2) is 6.29 Å². The Bertz CT molecular complexity index is 503. The van der Waals surface area contributed by atoms with Crippen LogP contribution in [-0.4, -0.2) is 13.2 Å². The normalized spacial score (nSPS) is 18.1. The highest BCUT2D eigenvalue weighted by Crippen LogP contribution is 2.32. The summed E-state index contributed by atoms with van der Waals surface area (Å²) < 4.78 is 13.6. The third-order valence-electron chi connectivity index (χ3n) is 2.61. The number of hydrogen-bond donors (Lipinski definition) is 0. The molecule has 1 aromatic carbocycles. The highest BCUT2D eigenvalue weighted by molar-refractivity contribution is 9.11. The molecular formula is C12H11BrO2S. The summed E-state index contributed by atoms with van der Waals surface area (Å²) in [5, 5.41) is 1.24. The summed E-state index contributed by atoms with van der Waals surface area (Å²) in [6.45, 7) is 1.58. The molecule has 84 valence electrons. The smallest absolute Gasteiger partial charge is 0.183 e. The van der Waals surface area contributed by atoms with Gasteiger partial charge in [0, 0.05) is 10.3 Å². The molecule has 0 spiro atoms. The average molecular weight is 299 g/mol. The van der Waals surface area contributed by atoms with Gasteiger partial charge in [-0.3, -0.25) is 0 Å². The van der Waals surface area contributed by atoms with E-state index in [9.17, 15) is 0 Å². The van der Waals surface area contributed by atoms with E-state index in [1.54, 1.807) is 11.3 Å². The number of halogens is 1. The van der Waals surface area contributed by atoms with E-state index in [1.165, 1.54) is 10.1 Å². The molecule has 1 aliphatic heterocycles. The van der Waals surface area contributed by atoms with E-state index in [4.69, 9.17) is 9.47 Å². The van der Waals surface area contributed by atoms with Gasteiger partial charge in [0.25, 0.3) is 0 Å². The Labute approximate surface area is 106 Å². The Morgan fingerprint density at radius 1 is 1.19 bits per heavy atom. The van der Waals surface area contributed by atoms with Gasteiger partial charge in [-0.25, -0.2) is 0 Å². The molecule has 0 unspecified atom stereocenters. The van der Waals surface area contributed by atoms with Crippen LogP contribution in [0.25, 0.3) is 10.1 Å². The molecule has 1 aliphatic rings. The van der Waals surface area contributed by atoms with Gasteiger partial charge in [-0.1, -0.05) is 6.07 Å². The zero-order chi connectivity index (χ0) is 11.0. The van der Waals surface area contributed by atoms with E-state index in [0.29, 0.717) is 0 Å². The Morgan fingerprint density at radius 3 is 2.81 bits per heavy atom. The number of benzene rings is 1. The first-order chi connectivity index (χ1) is 7.83. The summed E-state index contributed by atoms with van der Waals surface area (Å²) in [5.74, 6) is 0. The van der Waals surface area contributed by atoms with Crippen LogP contribution in [0.2, 0.25) is 0 Å². The third kappa shape index (κ3) is 2.02. The van der Waals surface area contributed by atoms with Crippen molar-refractivity contribution in [2.75, 3.05) is 13.2 Å². The molecule has 4 heteroatoms. The van der Waals surface area contributed by atoms with Crippen LogP contribution in [0, 0.1) is 0 Å². The lowest BCUT2D eigenvalue weighted by molar-refractivity contribution is -0.182. The Balaban J connectivity index is 1.97. The maximum absolute atomic E-state index is 5.59. The predicted molar refractivity (Wildman–Crippen MR) is 68.8 cm³/mol. The van der Waals surface area contributed by atoms with Crippen LogP contribution in [0.4, 0.5) is 0 Å². The quantitative estimate of drug-likeness (QED) is 0.789. The summed E-state index contributed by atoms with van der Waals surface area (Å²) in [7, 11) is 0. The molecule has 2 heterocycles. The van der Waals surface area contributed by atoms with Crippen molar-refractivity contribution < 1.29 is 9.47 Å². The Morgan fingerprint density at radius 2 is 2.00 bits per heavy atom. The van der Waals surface area contributed by atoms with Gasteiger partial charge in [0.05, 0.1) is 17.0 Å². The fourth-order valence-electron chi connectivity index (χ4n) is 1.86. The third-order valence-corrected chi connectivity index (χ3v) is 4.23. The first kappa shape index (κ1) is 10.7. The van der Waals surface area contributed by atoms with Gasteiger partial charge >= 0.3 is 0 Å². The van der Waals surface area contributed by atoms with Gasteiger partial charge in [-0.05, 0) is 45.9 Å². The molecule has 0 N–H and O–H groups in total. The molecule has 0 aliphatic carbocycles. The zero-order valence-electron chi connectivity index (χ0n) is 8.61. The monoisotopic (exact) mass is 298 g/mol. The van der Waals surface area contributed by atoms with E-state index in [2.05, 4.69) is 40.2 Å². The second-order valence-corrected chi connectivity index (χ2v) is 6.24. The SMILES string of the molecule is Brc1cc2cc(C3OCCCO3)ccc2s1. The van der Waals surface area contributed by atoms with Crippen LogP contribution in [0.15, 0.2) is 28.1 Å². The molecule has 2 aromatic rings. The predicted octanol–water partition coefficient (Wildman–Crippen LogP) is 4.10. The molecule has 2 nitrogen and oxygen atoms in total. The van der Waals surface area contributed by atoms with Crippen LogP contribution in [-0.2, 0) is 9.47 Å². The largest absolute Gasteiger partial charge is 0.348 e. The highest BCUT2D eigenvalue weighted by atomic mass is 79.9. The highest BCUT2D eigenvalue weighted by Gasteiger charge is 2.16. The molecule has 0 saturated carbocycles. The summed E-state index contributed by atoms with van der Waals surface area (Å²) in [6.07, 6.45) is 0.805. The van der Waals surface area contributed by atoms with Crippen LogP contribution >= 0.6 is 27.3 Å². The van der Waals surface area contributed by atoms with Crippen molar-refractivity contribution >= 4 is 37.4 Å². The molecule has 16 heavy (non-hydrogen) atoms. The van der Waals surface area contributed by atoms with Crippen LogP contribution < -0.4 is 0 Å². The lowest BCUT2D eigenvalue weighted by Crippen LogP contribution is -2.17. The lowest BCUT2D eigenvalue weighted by Gasteiger charge is -2.23. The minimum atomic E-state index is -0.183. The fourth-order valence-corrected chi connectivity index (χ4v) is 3.39. The van der Waals surface area contributed by atoms with E-state index in [0.717, 1.165) is 29.0 Å². The van der Waals surface area contributed by atoms with Gasteiger partial charge in [-0.15, -0.1) is 11.3 Å². The second kappa shape index (κ2) is 4.45. The molecule has 0 bridgehead atoms. The van der Waals surface area contributed by atoms with Crippen molar-refractivity contribution in [3.8, 4) is 0 Å². The van der Waals surface area contributed by atoms with Crippen LogP contribution in [0.5, 0.6) is 0 Å². The molecule has 0 atom stereocenters. The maximum Gasteiger partial charge on any atom is 0.183 e. The number of rotatable bonds is 1. The first-order valence-electron chi connectivity index (χ1n) is 5.25.